The van der Waals surface area contributed by atoms with Crippen LogP contribution >= 0.6 is 0 Å². The van der Waals surface area contributed by atoms with Crippen LogP contribution in [0, 0.1) is 0 Å². The highest BCUT2D eigenvalue weighted by Gasteiger charge is 2.30. The minimum atomic E-state index is -4.47. The summed E-state index contributed by atoms with van der Waals surface area (Å²) in [7, 11) is 0. The van der Waals surface area contributed by atoms with Gasteiger partial charge in [0.15, 0.2) is 0 Å². The van der Waals surface area contributed by atoms with Gasteiger partial charge in [0.1, 0.15) is 5.69 Å². The molecule has 0 spiro atoms. The van der Waals surface area contributed by atoms with Crippen LogP contribution in [-0.4, -0.2) is 14.9 Å². The quantitative estimate of drug-likeness (QED) is 0.881. The number of halogens is 5. The van der Waals surface area contributed by atoms with Crippen LogP contribution in [0.4, 0.5) is 22.0 Å². The summed E-state index contributed by atoms with van der Waals surface area (Å²) in [5, 5.41) is 12.5. The van der Waals surface area contributed by atoms with E-state index in [9.17, 15) is 22.0 Å². The summed E-state index contributed by atoms with van der Waals surface area (Å²) in [6.07, 6.45) is -6.18. The van der Waals surface area contributed by atoms with Crippen molar-refractivity contribution in [1.29, 1.82) is 0 Å². The Morgan fingerprint density at radius 2 is 1.75 bits per heavy atom. The van der Waals surface area contributed by atoms with E-state index in [1.807, 2.05) is 0 Å². The Morgan fingerprint density at radius 1 is 1.15 bits per heavy atom. The number of hydrogen-bond donors (Lipinski definition) is 1. The molecule has 108 valence electrons. The van der Waals surface area contributed by atoms with Gasteiger partial charge in [0, 0.05) is 11.8 Å². The van der Waals surface area contributed by atoms with E-state index in [-0.39, 0.29) is 11.3 Å². The SMILES string of the molecule is OCc1cn(-c2ccc(C(F)(F)F)cc2)nc1C(F)F. The number of rotatable bonds is 3. The Labute approximate surface area is 110 Å². The lowest BCUT2D eigenvalue weighted by Gasteiger charge is -2.07. The van der Waals surface area contributed by atoms with E-state index in [1.54, 1.807) is 0 Å². The molecule has 1 aromatic heterocycles. The summed E-state index contributed by atoms with van der Waals surface area (Å²) in [5.74, 6) is 0. The molecule has 3 nitrogen and oxygen atoms in total. The topological polar surface area (TPSA) is 38.0 Å². The van der Waals surface area contributed by atoms with Crippen LogP contribution in [0.2, 0.25) is 0 Å². The zero-order chi connectivity index (χ0) is 14.9. The largest absolute Gasteiger partial charge is 0.416 e. The lowest BCUT2D eigenvalue weighted by molar-refractivity contribution is -0.137. The van der Waals surface area contributed by atoms with Gasteiger partial charge >= 0.3 is 6.18 Å². The molecule has 20 heavy (non-hydrogen) atoms. The maximum atomic E-state index is 12.6. The minimum absolute atomic E-state index is 0.0695. The highest BCUT2D eigenvalue weighted by Crippen LogP contribution is 2.30. The number of hydrogen-bond acceptors (Lipinski definition) is 2. The van der Waals surface area contributed by atoms with Gasteiger partial charge in [-0.1, -0.05) is 0 Å². The monoisotopic (exact) mass is 292 g/mol. The van der Waals surface area contributed by atoms with Gasteiger partial charge in [-0.3, -0.25) is 0 Å². The lowest BCUT2D eigenvalue weighted by atomic mass is 10.2. The van der Waals surface area contributed by atoms with E-state index >= 15 is 0 Å². The second-order valence-corrected chi connectivity index (χ2v) is 3.99. The van der Waals surface area contributed by atoms with Crippen molar-refractivity contribution in [3.05, 3.63) is 47.3 Å². The molecule has 0 radical (unpaired) electrons. The van der Waals surface area contributed by atoms with E-state index in [0.717, 1.165) is 35.1 Å². The first-order valence-corrected chi connectivity index (χ1v) is 5.48. The number of aliphatic hydroxyl groups is 1. The fraction of sp³-hybridized carbons (Fsp3) is 0.250. The Kier molecular flexibility index (Phi) is 3.76. The molecule has 2 rings (SSSR count). The third-order valence-corrected chi connectivity index (χ3v) is 2.66. The van der Waals surface area contributed by atoms with Crippen LogP contribution in [-0.2, 0) is 12.8 Å². The van der Waals surface area contributed by atoms with Gasteiger partial charge in [-0.05, 0) is 24.3 Å². The number of aromatic nitrogens is 2. The molecule has 2 aromatic rings. The normalized spacial score (nSPS) is 12.2. The zero-order valence-corrected chi connectivity index (χ0v) is 9.90. The highest BCUT2D eigenvalue weighted by atomic mass is 19.4. The van der Waals surface area contributed by atoms with Crippen molar-refractivity contribution in [2.24, 2.45) is 0 Å². The van der Waals surface area contributed by atoms with Gasteiger partial charge in [0.2, 0.25) is 0 Å². The molecule has 0 bridgehead atoms. The van der Waals surface area contributed by atoms with Gasteiger partial charge in [-0.2, -0.15) is 18.3 Å². The van der Waals surface area contributed by atoms with Crippen molar-refractivity contribution in [2.45, 2.75) is 19.2 Å². The molecular weight excluding hydrogens is 283 g/mol. The van der Waals surface area contributed by atoms with E-state index in [4.69, 9.17) is 5.11 Å². The molecule has 0 aliphatic carbocycles. The van der Waals surface area contributed by atoms with Crippen LogP contribution in [0.5, 0.6) is 0 Å². The molecule has 1 heterocycles. The van der Waals surface area contributed by atoms with Crippen LogP contribution < -0.4 is 0 Å². The molecule has 0 fully saturated rings. The third-order valence-electron chi connectivity index (χ3n) is 2.66. The molecule has 1 aromatic carbocycles. The van der Waals surface area contributed by atoms with Gasteiger partial charge in [-0.25, -0.2) is 13.5 Å². The maximum absolute atomic E-state index is 12.6. The van der Waals surface area contributed by atoms with Crippen molar-refractivity contribution in [2.75, 3.05) is 0 Å². The Hall–Kier alpha value is -1.96. The third kappa shape index (κ3) is 2.79. The first kappa shape index (κ1) is 14.4. The molecule has 0 aliphatic heterocycles. The smallest absolute Gasteiger partial charge is 0.392 e. The van der Waals surface area contributed by atoms with Crippen LogP contribution in [0.15, 0.2) is 30.5 Å². The molecule has 0 saturated carbocycles. The lowest BCUT2D eigenvalue weighted by Crippen LogP contribution is -2.05. The first-order valence-electron chi connectivity index (χ1n) is 5.48. The summed E-state index contributed by atoms with van der Waals surface area (Å²) in [4.78, 5) is 0. The summed E-state index contributed by atoms with van der Waals surface area (Å²) in [6, 6.07) is 3.90. The van der Waals surface area contributed by atoms with Crippen molar-refractivity contribution in [3.63, 3.8) is 0 Å². The number of benzene rings is 1. The zero-order valence-electron chi connectivity index (χ0n) is 9.90. The molecule has 0 aliphatic rings. The second kappa shape index (κ2) is 5.20. The standard InChI is InChI=1S/C12H9F5N2O/c13-11(14)10-7(6-20)5-19(18-10)9-3-1-8(2-4-9)12(15,16)17/h1-5,11,20H,6H2. The fourth-order valence-corrected chi connectivity index (χ4v) is 1.66. The van der Waals surface area contributed by atoms with Gasteiger partial charge in [0.05, 0.1) is 17.9 Å². The van der Waals surface area contributed by atoms with E-state index in [1.165, 1.54) is 0 Å². The Morgan fingerprint density at radius 3 is 2.15 bits per heavy atom. The summed E-state index contributed by atoms with van der Waals surface area (Å²) in [5.41, 5.74) is -1.31. The predicted molar refractivity (Wildman–Crippen MR) is 59.4 cm³/mol. The van der Waals surface area contributed by atoms with Gasteiger partial charge in [-0.15, -0.1) is 0 Å². The fourth-order valence-electron chi connectivity index (χ4n) is 1.66. The highest BCUT2D eigenvalue weighted by molar-refractivity contribution is 5.36. The van der Waals surface area contributed by atoms with Gasteiger partial charge in [0.25, 0.3) is 6.43 Å². The Bertz CT molecular complexity index is 589. The summed E-state index contributed by atoms with van der Waals surface area (Å²) < 4.78 is 63.5. The molecule has 0 atom stereocenters. The van der Waals surface area contributed by atoms with E-state index in [2.05, 4.69) is 5.10 Å². The number of aliphatic hydroxyl groups excluding tert-OH is 1. The van der Waals surface area contributed by atoms with E-state index in [0.29, 0.717) is 0 Å². The Balaban J connectivity index is 2.37. The predicted octanol–water partition coefficient (Wildman–Crippen LogP) is 3.32. The molecule has 0 amide bonds. The van der Waals surface area contributed by atoms with Crippen molar-refractivity contribution >= 4 is 0 Å². The van der Waals surface area contributed by atoms with Crippen LogP contribution in [0.3, 0.4) is 0 Å². The minimum Gasteiger partial charge on any atom is -0.392 e. The number of alkyl halides is 5. The average molecular weight is 292 g/mol. The van der Waals surface area contributed by atoms with Crippen molar-refractivity contribution < 1.29 is 27.1 Å². The van der Waals surface area contributed by atoms with Crippen molar-refractivity contribution in [1.82, 2.24) is 9.78 Å². The van der Waals surface area contributed by atoms with Crippen LogP contribution in [0.1, 0.15) is 23.2 Å². The molecule has 0 saturated heterocycles. The van der Waals surface area contributed by atoms with Gasteiger partial charge < -0.3 is 5.11 Å². The molecule has 8 heteroatoms. The average Bonchev–Trinajstić information content (AvgIpc) is 2.82. The summed E-state index contributed by atoms with van der Waals surface area (Å²) in [6.45, 7) is -0.625. The second-order valence-electron chi connectivity index (χ2n) is 3.99. The van der Waals surface area contributed by atoms with Crippen molar-refractivity contribution in [3.8, 4) is 5.69 Å². The van der Waals surface area contributed by atoms with Crippen LogP contribution in [0.25, 0.3) is 5.69 Å². The summed E-state index contributed by atoms with van der Waals surface area (Å²) >= 11 is 0. The molecule has 0 unspecified atom stereocenters. The first-order chi connectivity index (χ1) is 9.32. The number of nitrogens with zero attached hydrogens (tertiary/aromatic N) is 2. The molecule has 1 N–H and O–H groups in total. The molecular formula is C12H9F5N2O. The van der Waals surface area contributed by atoms with E-state index < -0.39 is 30.5 Å². The maximum Gasteiger partial charge on any atom is 0.416 e.